The number of phenolic OH excluding ortho intramolecular Hbond substituents is 1. The summed E-state index contributed by atoms with van der Waals surface area (Å²) in [4.78, 5) is 9.90. The van der Waals surface area contributed by atoms with Crippen LogP contribution in [0.3, 0.4) is 0 Å². The molecular weight excluding hydrogens is 268 g/mol. The standard InChI is InChI=1S/C7H8O.C6H12O6/c1-6-2-4-7(8)5-3-6;7-1-3(9)5(11)6(12)4(10)2-8/h2-5,8H,1H3;1,3-6,8-12H,2H2/t;3-,4+,5+,6+/m.0/s1. The zero-order valence-electron chi connectivity index (χ0n) is 11.0. The molecule has 0 amide bonds. The van der Waals surface area contributed by atoms with Gasteiger partial charge in [-0.25, -0.2) is 0 Å². The Balaban J connectivity index is 0.000000388. The summed E-state index contributed by atoms with van der Waals surface area (Å²) in [5.74, 6) is 0.329. The Morgan fingerprint density at radius 1 is 1.05 bits per heavy atom. The van der Waals surface area contributed by atoms with E-state index in [1.54, 1.807) is 12.1 Å². The summed E-state index contributed by atoms with van der Waals surface area (Å²) in [5, 5.41) is 52.3. The molecule has 20 heavy (non-hydrogen) atoms. The lowest BCUT2D eigenvalue weighted by Crippen LogP contribution is -2.46. The van der Waals surface area contributed by atoms with Crippen LogP contribution < -0.4 is 0 Å². The average Bonchev–Trinajstić information content (AvgIpc) is 2.47. The first-order valence-electron chi connectivity index (χ1n) is 5.87. The number of benzene rings is 1. The summed E-state index contributed by atoms with van der Waals surface area (Å²) in [7, 11) is 0. The largest absolute Gasteiger partial charge is 0.508 e. The summed E-state index contributed by atoms with van der Waals surface area (Å²) < 4.78 is 0. The van der Waals surface area contributed by atoms with Crippen molar-refractivity contribution >= 4 is 6.29 Å². The van der Waals surface area contributed by atoms with Crippen molar-refractivity contribution < 1.29 is 35.4 Å². The number of aryl methyl sites for hydroxylation is 1. The molecule has 1 rings (SSSR count). The van der Waals surface area contributed by atoms with Gasteiger partial charge in [-0.05, 0) is 19.1 Å². The summed E-state index contributed by atoms with van der Waals surface area (Å²) in [5.41, 5.74) is 1.17. The molecular formula is C13H20O7. The molecule has 6 N–H and O–H groups in total. The van der Waals surface area contributed by atoms with E-state index in [9.17, 15) is 4.79 Å². The van der Waals surface area contributed by atoms with Gasteiger partial charge in [-0.15, -0.1) is 0 Å². The van der Waals surface area contributed by atoms with Crippen LogP contribution >= 0.6 is 0 Å². The molecule has 0 heterocycles. The van der Waals surface area contributed by atoms with Crippen LogP contribution in [-0.4, -0.2) is 67.9 Å². The third kappa shape index (κ3) is 6.60. The van der Waals surface area contributed by atoms with Crippen molar-refractivity contribution in [3.8, 4) is 5.75 Å². The fourth-order valence-corrected chi connectivity index (χ4v) is 1.16. The number of rotatable bonds is 5. The first-order chi connectivity index (χ1) is 9.33. The Morgan fingerprint density at radius 3 is 1.90 bits per heavy atom. The van der Waals surface area contributed by atoms with E-state index in [0.29, 0.717) is 5.75 Å². The summed E-state index contributed by atoms with van der Waals surface area (Å²) >= 11 is 0. The highest BCUT2D eigenvalue weighted by atomic mass is 16.4. The van der Waals surface area contributed by atoms with E-state index in [1.165, 1.54) is 5.56 Å². The van der Waals surface area contributed by atoms with Gasteiger partial charge in [0, 0.05) is 0 Å². The molecule has 0 aromatic heterocycles. The minimum atomic E-state index is -1.79. The van der Waals surface area contributed by atoms with Crippen LogP contribution in [0.15, 0.2) is 24.3 Å². The Hall–Kier alpha value is -1.51. The summed E-state index contributed by atoms with van der Waals surface area (Å²) in [6.45, 7) is 1.23. The van der Waals surface area contributed by atoms with Crippen molar-refractivity contribution in [2.24, 2.45) is 0 Å². The lowest BCUT2D eigenvalue weighted by Gasteiger charge is -2.22. The molecule has 0 saturated carbocycles. The highest BCUT2D eigenvalue weighted by Gasteiger charge is 2.29. The van der Waals surface area contributed by atoms with Gasteiger partial charge in [0.15, 0.2) is 6.29 Å². The van der Waals surface area contributed by atoms with Crippen LogP contribution in [0.4, 0.5) is 0 Å². The molecule has 1 aromatic rings. The van der Waals surface area contributed by atoms with E-state index in [2.05, 4.69) is 0 Å². The molecule has 7 heteroatoms. The maximum atomic E-state index is 9.90. The second kappa shape index (κ2) is 9.40. The molecule has 0 unspecified atom stereocenters. The molecule has 0 fully saturated rings. The first-order valence-corrected chi connectivity index (χ1v) is 5.87. The second-order valence-corrected chi connectivity index (χ2v) is 4.19. The fourth-order valence-electron chi connectivity index (χ4n) is 1.16. The third-order valence-electron chi connectivity index (χ3n) is 2.45. The molecule has 4 atom stereocenters. The number of hydrogen-bond donors (Lipinski definition) is 6. The minimum Gasteiger partial charge on any atom is -0.508 e. The van der Waals surface area contributed by atoms with Gasteiger partial charge in [0.1, 0.15) is 30.2 Å². The zero-order valence-corrected chi connectivity index (χ0v) is 11.0. The van der Waals surface area contributed by atoms with Crippen LogP contribution in [0, 0.1) is 6.92 Å². The van der Waals surface area contributed by atoms with Gasteiger partial charge in [0.25, 0.3) is 0 Å². The number of aldehydes is 1. The van der Waals surface area contributed by atoms with Gasteiger partial charge < -0.3 is 35.4 Å². The zero-order chi connectivity index (χ0) is 15.7. The van der Waals surface area contributed by atoms with E-state index in [0.717, 1.165) is 0 Å². The molecule has 7 nitrogen and oxygen atoms in total. The predicted octanol–water partition coefficient (Wildman–Crippen LogP) is -1.68. The van der Waals surface area contributed by atoms with Crippen molar-refractivity contribution in [2.45, 2.75) is 31.3 Å². The van der Waals surface area contributed by atoms with E-state index in [-0.39, 0.29) is 6.29 Å². The Kier molecular flexibility index (Phi) is 8.69. The topological polar surface area (TPSA) is 138 Å². The molecule has 0 saturated heterocycles. The average molecular weight is 288 g/mol. The lowest BCUT2D eigenvalue weighted by molar-refractivity contribution is -0.136. The van der Waals surface area contributed by atoms with Gasteiger partial charge >= 0.3 is 0 Å². The maximum Gasteiger partial charge on any atom is 0.151 e. The van der Waals surface area contributed by atoms with Gasteiger partial charge in [0.2, 0.25) is 0 Å². The van der Waals surface area contributed by atoms with Crippen LogP contribution in [0.1, 0.15) is 5.56 Å². The van der Waals surface area contributed by atoms with E-state index < -0.39 is 31.0 Å². The van der Waals surface area contributed by atoms with Crippen molar-refractivity contribution in [3.63, 3.8) is 0 Å². The number of hydrogen-bond acceptors (Lipinski definition) is 7. The van der Waals surface area contributed by atoms with Crippen molar-refractivity contribution in [3.05, 3.63) is 29.8 Å². The SMILES string of the molecule is Cc1ccc(O)cc1.O=C[C@H](O)[C@@H](O)[C@H](O)[C@H](O)CO. The van der Waals surface area contributed by atoms with Crippen molar-refractivity contribution in [1.82, 2.24) is 0 Å². The van der Waals surface area contributed by atoms with Crippen LogP contribution in [0.2, 0.25) is 0 Å². The number of aromatic hydroxyl groups is 1. The van der Waals surface area contributed by atoms with Gasteiger partial charge in [-0.3, -0.25) is 0 Å². The smallest absolute Gasteiger partial charge is 0.151 e. The molecule has 0 aliphatic heterocycles. The Bertz CT molecular complexity index is 358. The van der Waals surface area contributed by atoms with Crippen molar-refractivity contribution in [2.75, 3.05) is 6.61 Å². The summed E-state index contributed by atoms with van der Waals surface area (Å²) in [6.07, 6.45) is -6.84. The first kappa shape index (κ1) is 18.5. The molecule has 1 aromatic carbocycles. The molecule has 0 bridgehead atoms. The Morgan fingerprint density at radius 2 is 1.55 bits per heavy atom. The molecule has 0 aliphatic rings. The predicted molar refractivity (Wildman–Crippen MR) is 70.0 cm³/mol. The number of aliphatic hydroxyl groups excluding tert-OH is 5. The van der Waals surface area contributed by atoms with Gasteiger partial charge in [-0.2, -0.15) is 0 Å². The number of phenols is 1. The van der Waals surface area contributed by atoms with Crippen LogP contribution in [0.25, 0.3) is 0 Å². The maximum absolute atomic E-state index is 9.90. The second-order valence-electron chi connectivity index (χ2n) is 4.19. The highest BCUT2D eigenvalue weighted by molar-refractivity contribution is 5.56. The summed E-state index contributed by atoms with van der Waals surface area (Å²) in [6, 6.07) is 7.09. The molecule has 0 radical (unpaired) electrons. The highest BCUT2D eigenvalue weighted by Crippen LogP contribution is 2.07. The van der Waals surface area contributed by atoms with Gasteiger partial charge in [-0.1, -0.05) is 17.7 Å². The number of aliphatic hydroxyl groups is 5. The van der Waals surface area contributed by atoms with Crippen LogP contribution in [-0.2, 0) is 4.79 Å². The van der Waals surface area contributed by atoms with E-state index in [1.807, 2.05) is 19.1 Å². The third-order valence-corrected chi connectivity index (χ3v) is 2.45. The fraction of sp³-hybridized carbons (Fsp3) is 0.462. The monoisotopic (exact) mass is 288 g/mol. The Labute approximate surface area is 116 Å². The van der Waals surface area contributed by atoms with Gasteiger partial charge in [0.05, 0.1) is 6.61 Å². The van der Waals surface area contributed by atoms with Crippen molar-refractivity contribution in [1.29, 1.82) is 0 Å². The quantitative estimate of drug-likeness (QED) is 0.356. The number of carbonyl (C=O) groups is 1. The molecule has 0 aliphatic carbocycles. The van der Waals surface area contributed by atoms with Crippen LogP contribution in [0.5, 0.6) is 5.75 Å². The number of carbonyl (C=O) groups excluding carboxylic acids is 1. The minimum absolute atomic E-state index is 0.0258. The molecule has 114 valence electrons. The molecule has 0 spiro atoms. The van der Waals surface area contributed by atoms with E-state index in [4.69, 9.17) is 30.6 Å². The van der Waals surface area contributed by atoms with E-state index >= 15 is 0 Å². The lowest BCUT2D eigenvalue weighted by atomic mass is 10.0. The normalized spacial score (nSPS) is 16.3.